The van der Waals surface area contributed by atoms with E-state index < -0.39 is 0 Å². The quantitative estimate of drug-likeness (QED) is 0.891. The summed E-state index contributed by atoms with van der Waals surface area (Å²) in [5.74, 6) is 2.85. The Kier molecular flexibility index (Phi) is 4.01. The molecule has 0 spiro atoms. The van der Waals surface area contributed by atoms with Gasteiger partial charge in [0.05, 0.1) is 12.2 Å². The number of nitrogens with zero attached hydrogens (tertiary/aromatic N) is 4. The van der Waals surface area contributed by atoms with Gasteiger partial charge in [-0.25, -0.2) is 0 Å². The van der Waals surface area contributed by atoms with E-state index in [4.69, 9.17) is 9.47 Å². The summed E-state index contributed by atoms with van der Waals surface area (Å²) in [6.45, 7) is 7.03. The molecule has 0 saturated carbocycles. The summed E-state index contributed by atoms with van der Waals surface area (Å²) in [5, 5.41) is 15.2. The summed E-state index contributed by atoms with van der Waals surface area (Å²) < 4.78 is 12.8. The SMILES string of the molecule is CC(C)CNCc1nnnn1-c1ccc2c(c1)OCCO2. The predicted octanol–water partition coefficient (Wildman–Crippen LogP) is 1.18. The fourth-order valence-corrected chi connectivity index (χ4v) is 2.15. The Morgan fingerprint density at radius 1 is 1.24 bits per heavy atom. The van der Waals surface area contributed by atoms with Gasteiger partial charge in [-0.3, -0.25) is 0 Å². The van der Waals surface area contributed by atoms with Crippen molar-refractivity contribution >= 4 is 0 Å². The van der Waals surface area contributed by atoms with E-state index in [1.165, 1.54) is 0 Å². The van der Waals surface area contributed by atoms with Crippen LogP contribution in [0.25, 0.3) is 5.69 Å². The van der Waals surface area contributed by atoms with E-state index in [0.29, 0.717) is 25.7 Å². The van der Waals surface area contributed by atoms with Crippen molar-refractivity contribution in [3.05, 3.63) is 24.0 Å². The van der Waals surface area contributed by atoms with Gasteiger partial charge in [0.25, 0.3) is 0 Å². The number of tetrazole rings is 1. The van der Waals surface area contributed by atoms with E-state index in [0.717, 1.165) is 29.6 Å². The first-order chi connectivity index (χ1) is 10.2. The fraction of sp³-hybridized carbons (Fsp3) is 0.500. The summed E-state index contributed by atoms with van der Waals surface area (Å²) in [4.78, 5) is 0. The van der Waals surface area contributed by atoms with E-state index in [-0.39, 0.29) is 0 Å². The average Bonchev–Trinajstić information content (AvgIpc) is 2.95. The van der Waals surface area contributed by atoms with Gasteiger partial charge >= 0.3 is 0 Å². The summed E-state index contributed by atoms with van der Waals surface area (Å²) >= 11 is 0. The van der Waals surface area contributed by atoms with Crippen LogP contribution in [0, 0.1) is 5.92 Å². The van der Waals surface area contributed by atoms with Crippen LogP contribution in [0.2, 0.25) is 0 Å². The van der Waals surface area contributed by atoms with Crippen LogP contribution in [0.1, 0.15) is 19.7 Å². The molecular formula is C14H19N5O2. The zero-order chi connectivity index (χ0) is 14.7. The highest BCUT2D eigenvalue weighted by molar-refractivity contribution is 5.49. The second-order valence-electron chi connectivity index (χ2n) is 5.36. The van der Waals surface area contributed by atoms with Crippen molar-refractivity contribution < 1.29 is 9.47 Å². The average molecular weight is 289 g/mol. The highest BCUT2D eigenvalue weighted by Crippen LogP contribution is 2.31. The summed E-state index contributed by atoms with van der Waals surface area (Å²) in [7, 11) is 0. The van der Waals surface area contributed by atoms with Crippen molar-refractivity contribution in [1.82, 2.24) is 25.5 Å². The van der Waals surface area contributed by atoms with Crippen LogP contribution < -0.4 is 14.8 Å². The molecule has 0 saturated heterocycles. The van der Waals surface area contributed by atoms with Crippen molar-refractivity contribution in [3.63, 3.8) is 0 Å². The van der Waals surface area contributed by atoms with Crippen LogP contribution in [0.4, 0.5) is 0 Å². The first-order valence-electron chi connectivity index (χ1n) is 7.12. The third-order valence-electron chi connectivity index (χ3n) is 3.14. The maximum absolute atomic E-state index is 5.59. The van der Waals surface area contributed by atoms with Gasteiger partial charge in [0.2, 0.25) is 0 Å². The normalized spacial score (nSPS) is 13.7. The number of nitrogens with one attached hydrogen (secondary N) is 1. The lowest BCUT2D eigenvalue weighted by Gasteiger charge is -2.18. The van der Waals surface area contributed by atoms with Gasteiger partial charge in [-0.1, -0.05) is 13.8 Å². The molecule has 3 rings (SSSR count). The Morgan fingerprint density at radius 3 is 2.86 bits per heavy atom. The Bertz CT molecular complexity index is 611. The predicted molar refractivity (Wildman–Crippen MR) is 76.7 cm³/mol. The Morgan fingerprint density at radius 2 is 2.05 bits per heavy atom. The van der Waals surface area contributed by atoms with Crippen molar-refractivity contribution in [3.8, 4) is 17.2 Å². The summed E-state index contributed by atoms with van der Waals surface area (Å²) in [5.41, 5.74) is 0.866. The number of hydrogen-bond donors (Lipinski definition) is 1. The molecule has 112 valence electrons. The first-order valence-corrected chi connectivity index (χ1v) is 7.12. The standard InChI is InChI=1S/C14H19N5O2/c1-10(2)8-15-9-14-16-17-18-19(14)11-3-4-12-13(7-11)21-6-5-20-12/h3-4,7,10,15H,5-6,8-9H2,1-2H3. The van der Waals surface area contributed by atoms with Gasteiger partial charge in [0.15, 0.2) is 17.3 Å². The molecular weight excluding hydrogens is 270 g/mol. The summed E-state index contributed by atoms with van der Waals surface area (Å²) in [6.07, 6.45) is 0. The number of rotatable bonds is 5. The molecule has 7 heteroatoms. The van der Waals surface area contributed by atoms with Crippen molar-refractivity contribution in [2.24, 2.45) is 5.92 Å². The lowest BCUT2D eigenvalue weighted by atomic mass is 10.2. The zero-order valence-corrected chi connectivity index (χ0v) is 12.2. The topological polar surface area (TPSA) is 74.1 Å². The third-order valence-corrected chi connectivity index (χ3v) is 3.14. The molecule has 1 N–H and O–H groups in total. The van der Waals surface area contributed by atoms with Crippen molar-refractivity contribution in [1.29, 1.82) is 0 Å². The molecule has 0 aliphatic carbocycles. The lowest BCUT2D eigenvalue weighted by Crippen LogP contribution is -2.21. The molecule has 1 aliphatic rings. The minimum atomic E-state index is 0.564. The minimum absolute atomic E-state index is 0.564. The molecule has 1 aromatic heterocycles. The van der Waals surface area contributed by atoms with Gasteiger partial charge in [0.1, 0.15) is 13.2 Å². The zero-order valence-electron chi connectivity index (χ0n) is 12.2. The molecule has 2 aromatic rings. The molecule has 0 radical (unpaired) electrons. The molecule has 0 bridgehead atoms. The van der Waals surface area contributed by atoms with E-state index in [1.54, 1.807) is 4.68 Å². The second-order valence-corrected chi connectivity index (χ2v) is 5.36. The third kappa shape index (κ3) is 3.13. The van der Waals surface area contributed by atoms with Crippen LogP contribution in [0.3, 0.4) is 0 Å². The fourth-order valence-electron chi connectivity index (χ4n) is 2.15. The number of hydrogen-bond acceptors (Lipinski definition) is 6. The number of fused-ring (bicyclic) bond motifs is 1. The van der Waals surface area contributed by atoms with E-state index in [9.17, 15) is 0 Å². The van der Waals surface area contributed by atoms with E-state index >= 15 is 0 Å². The smallest absolute Gasteiger partial charge is 0.170 e. The molecule has 0 fully saturated rings. The second kappa shape index (κ2) is 6.09. The highest BCUT2D eigenvalue weighted by Gasteiger charge is 2.15. The van der Waals surface area contributed by atoms with Crippen LogP contribution in [-0.4, -0.2) is 40.0 Å². The Labute approximate surface area is 123 Å². The van der Waals surface area contributed by atoms with Crippen LogP contribution >= 0.6 is 0 Å². The molecule has 1 aromatic carbocycles. The minimum Gasteiger partial charge on any atom is -0.486 e. The molecule has 7 nitrogen and oxygen atoms in total. The van der Waals surface area contributed by atoms with Gasteiger partial charge in [-0.15, -0.1) is 5.10 Å². The van der Waals surface area contributed by atoms with Crippen molar-refractivity contribution in [2.75, 3.05) is 19.8 Å². The molecule has 0 amide bonds. The molecule has 1 aliphatic heterocycles. The maximum atomic E-state index is 5.59. The van der Waals surface area contributed by atoms with Gasteiger partial charge < -0.3 is 14.8 Å². The first kappa shape index (κ1) is 13.8. The van der Waals surface area contributed by atoms with Crippen LogP contribution in [0.15, 0.2) is 18.2 Å². The number of benzene rings is 1. The van der Waals surface area contributed by atoms with Crippen molar-refractivity contribution in [2.45, 2.75) is 20.4 Å². The maximum Gasteiger partial charge on any atom is 0.170 e. The molecule has 2 heterocycles. The van der Waals surface area contributed by atoms with Gasteiger partial charge in [0, 0.05) is 6.07 Å². The number of aromatic nitrogens is 4. The molecule has 0 atom stereocenters. The summed E-state index contributed by atoms with van der Waals surface area (Å²) in [6, 6.07) is 5.71. The number of ether oxygens (including phenoxy) is 2. The van der Waals surface area contributed by atoms with E-state index in [1.807, 2.05) is 18.2 Å². The Balaban J connectivity index is 1.79. The largest absolute Gasteiger partial charge is 0.486 e. The highest BCUT2D eigenvalue weighted by atomic mass is 16.6. The lowest BCUT2D eigenvalue weighted by molar-refractivity contribution is 0.171. The van der Waals surface area contributed by atoms with Gasteiger partial charge in [-0.05, 0) is 35.0 Å². The van der Waals surface area contributed by atoms with Crippen LogP contribution in [-0.2, 0) is 6.54 Å². The Hall–Kier alpha value is -2.15. The molecule has 21 heavy (non-hydrogen) atoms. The van der Waals surface area contributed by atoms with Crippen LogP contribution in [0.5, 0.6) is 11.5 Å². The van der Waals surface area contributed by atoms with E-state index in [2.05, 4.69) is 34.7 Å². The monoisotopic (exact) mass is 289 g/mol. The molecule has 0 unspecified atom stereocenters. The van der Waals surface area contributed by atoms with Gasteiger partial charge in [-0.2, -0.15) is 4.68 Å².